The van der Waals surface area contributed by atoms with Gasteiger partial charge in [-0.1, -0.05) is 251 Å². The predicted octanol–water partition coefficient (Wildman–Crippen LogP) is 21.4. The summed E-state index contributed by atoms with van der Waals surface area (Å²) in [4.78, 5) is 38.2. The number of allylic oxidation sites excluding steroid dienone is 22. The summed E-state index contributed by atoms with van der Waals surface area (Å²) in [6.45, 7) is 6.45. The van der Waals surface area contributed by atoms with Crippen molar-refractivity contribution in [2.24, 2.45) is 0 Å². The molecule has 0 heterocycles. The zero-order valence-electron chi connectivity index (χ0n) is 49.2. The van der Waals surface area contributed by atoms with Crippen molar-refractivity contribution >= 4 is 17.9 Å². The first-order valence-electron chi connectivity index (χ1n) is 31.2. The molecule has 0 aliphatic heterocycles. The Bertz CT molecular complexity index is 1630. The fraction of sp³-hybridized carbons (Fsp3) is 0.643. The molecule has 0 rings (SSSR count). The molecule has 0 bridgehead atoms. The van der Waals surface area contributed by atoms with Gasteiger partial charge in [-0.15, -0.1) is 0 Å². The highest BCUT2D eigenvalue weighted by Crippen LogP contribution is 2.14. The van der Waals surface area contributed by atoms with Crippen LogP contribution in [0.4, 0.5) is 0 Å². The van der Waals surface area contributed by atoms with Crippen molar-refractivity contribution in [2.45, 2.75) is 277 Å². The average Bonchev–Trinajstić information content (AvgIpc) is 3.42. The molecule has 6 heteroatoms. The first-order chi connectivity index (χ1) is 37.5. The van der Waals surface area contributed by atoms with Crippen LogP contribution in [0.5, 0.6) is 0 Å². The highest BCUT2D eigenvalue weighted by Gasteiger charge is 2.19. The maximum Gasteiger partial charge on any atom is 0.306 e. The van der Waals surface area contributed by atoms with E-state index in [1.165, 1.54) is 96.3 Å². The molecule has 0 aromatic heterocycles. The van der Waals surface area contributed by atoms with Gasteiger partial charge in [-0.2, -0.15) is 0 Å². The second-order valence-corrected chi connectivity index (χ2v) is 20.2. The van der Waals surface area contributed by atoms with Crippen LogP contribution in [0.25, 0.3) is 0 Å². The Balaban J connectivity index is 4.45. The Morgan fingerprint density at radius 3 is 0.868 bits per heavy atom. The molecular formula is C70H114O6. The van der Waals surface area contributed by atoms with E-state index in [1.807, 2.05) is 0 Å². The lowest BCUT2D eigenvalue weighted by Crippen LogP contribution is -2.30. The first-order valence-corrected chi connectivity index (χ1v) is 31.2. The monoisotopic (exact) mass is 1050 g/mol. The summed E-state index contributed by atoms with van der Waals surface area (Å²) < 4.78 is 16.8. The quantitative estimate of drug-likeness (QED) is 0.0261. The van der Waals surface area contributed by atoms with Crippen LogP contribution in [0.15, 0.2) is 134 Å². The number of esters is 3. The highest BCUT2D eigenvalue weighted by atomic mass is 16.6. The van der Waals surface area contributed by atoms with Crippen LogP contribution < -0.4 is 0 Å². The minimum absolute atomic E-state index is 0.106. The highest BCUT2D eigenvalue weighted by molar-refractivity contribution is 5.71. The predicted molar refractivity (Wildman–Crippen MR) is 329 cm³/mol. The van der Waals surface area contributed by atoms with Gasteiger partial charge in [0.25, 0.3) is 0 Å². The largest absolute Gasteiger partial charge is 0.462 e. The van der Waals surface area contributed by atoms with Gasteiger partial charge in [0.05, 0.1) is 0 Å². The maximum atomic E-state index is 12.9. The van der Waals surface area contributed by atoms with Gasteiger partial charge in [-0.05, 0) is 135 Å². The first kappa shape index (κ1) is 71.5. The SMILES string of the molecule is CC/C=C\C/C=C\C/C=C\C/C=C\C/C=C\C/C=C\C/C=C\C/C=C\C/C=C\CCCC(=O)OCC(COC(=O)CCCCCCC/C=C\CCCCCCC)OC(=O)CCCCCCC/C=C\CCCCCCCC. The molecule has 0 radical (unpaired) electrons. The molecule has 0 aliphatic rings. The summed E-state index contributed by atoms with van der Waals surface area (Å²) >= 11 is 0. The van der Waals surface area contributed by atoms with E-state index in [2.05, 4.69) is 154 Å². The average molecular weight is 1050 g/mol. The van der Waals surface area contributed by atoms with Gasteiger partial charge < -0.3 is 14.2 Å². The number of ether oxygens (including phenoxy) is 3. The molecule has 0 saturated heterocycles. The lowest BCUT2D eigenvalue weighted by atomic mass is 10.1. The van der Waals surface area contributed by atoms with Crippen molar-refractivity contribution in [2.75, 3.05) is 13.2 Å². The smallest absolute Gasteiger partial charge is 0.306 e. The van der Waals surface area contributed by atoms with Gasteiger partial charge in [0.2, 0.25) is 0 Å². The fourth-order valence-corrected chi connectivity index (χ4v) is 8.20. The van der Waals surface area contributed by atoms with Gasteiger partial charge in [-0.25, -0.2) is 0 Å². The van der Waals surface area contributed by atoms with E-state index in [9.17, 15) is 14.4 Å². The van der Waals surface area contributed by atoms with Crippen molar-refractivity contribution in [3.8, 4) is 0 Å². The van der Waals surface area contributed by atoms with E-state index >= 15 is 0 Å². The standard InChI is InChI=1S/C70H114O6/c1-4-7-10-13-16-19-22-25-28-29-30-31-32-33-34-35-36-37-38-39-40-41-43-45-48-51-54-57-60-63-69(72)75-66-67(65-74-68(71)62-59-56-53-50-47-44-27-24-21-18-15-12-9-6-3)76-70(73)64-61-58-55-52-49-46-42-26-23-20-17-14-11-8-5-2/h7,10,16,19,24-28,30-31,33-34,36-37,39-40,42-43,45,51,54,67H,4-6,8-9,11-15,17-18,20-23,29,32,35,38,41,44,46-50,52-53,55-66H2,1-3H3/b10-7-,19-16-,27-24-,28-25-,31-30-,34-33-,37-36-,40-39-,42-26-,45-43-,54-51-. The van der Waals surface area contributed by atoms with Crippen LogP contribution >= 0.6 is 0 Å². The molecular weight excluding hydrogens is 937 g/mol. The van der Waals surface area contributed by atoms with Gasteiger partial charge >= 0.3 is 17.9 Å². The molecule has 0 aliphatic carbocycles. The van der Waals surface area contributed by atoms with E-state index in [-0.39, 0.29) is 37.5 Å². The summed E-state index contributed by atoms with van der Waals surface area (Å²) in [6.07, 6.45) is 88.8. The van der Waals surface area contributed by atoms with Crippen LogP contribution in [-0.2, 0) is 28.6 Å². The van der Waals surface area contributed by atoms with E-state index in [0.29, 0.717) is 19.3 Å². The van der Waals surface area contributed by atoms with Crippen LogP contribution in [-0.4, -0.2) is 37.2 Å². The molecule has 76 heavy (non-hydrogen) atoms. The Morgan fingerprint density at radius 1 is 0.276 bits per heavy atom. The van der Waals surface area contributed by atoms with Gasteiger partial charge in [0.1, 0.15) is 13.2 Å². The van der Waals surface area contributed by atoms with Crippen LogP contribution in [0.1, 0.15) is 271 Å². The summed E-state index contributed by atoms with van der Waals surface area (Å²) in [7, 11) is 0. The molecule has 0 aromatic carbocycles. The zero-order chi connectivity index (χ0) is 55.0. The van der Waals surface area contributed by atoms with Crippen LogP contribution in [0.2, 0.25) is 0 Å². The topological polar surface area (TPSA) is 78.9 Å². The van der Waals surface area contributed by atoms with Crippen molar-refractivity contribution in [1.29, 1.82) is 0 Å². The Hall–Kier alpha value is -4.45. The molecule has 6 nitrogen and oxygen atoms in total. The molecule has 0 saturated carbocycles. The molecule has 1 unspecified atom stereocenters. The van der Waals surface area contributed by atoms with Crippen LogP contribution in [0.3, 0.4) is 0 Å². The summed E-state index contributed by atoms with van der Waals surface area (Å²) in [6, 6.07) is 0. The van der Waals surface area contributed by atoms with Crippen LogP contribution in [0, 0.1) is 0 Å². The van der Waals surface area contributed by atoms with Gasteiger partial charge in [0, 0.05) is 19.3 Å². The summed E-state index contributed by atoms with van der Waals surface area (Å²) in [5.74, 6) is -0.985. The molecule has 0 spiro atoms. The van der Waals surface area contributed by atoms with Crippen molar-refractivity contribution in [1.82, 2.24) is 0 Å². The fourth-order valence-electron chi connectivity index (χ4n) is 8.20. The third-order valence-corrected chi connectivity index (χ3v) is 12.9. The molecule has 1 atom stereocenters. The van der Waals surface area contributed by atoms with E-state index in [1.54, 1.807) is 0 Å². The summed E-state index contributed by atoms with van der Waals surface area (Å²) in [5.41, 5.74) is 0. The van der Waals surface area contributed by atoms with Crippen molar-refractivity contribution < 1.29 is 28.6 Å². The molecule has 0 fully saturated rings. The minimum atomic E-state index is -0.814. The molecule has 430 valence electrons. The van der Waals surface area contributed by atoms with Crippen molar-refractivity contribution in [3.63, 3.8) is 0 Å². The Kier molecular flexibility index (Phi) is 59.4. The van der Waals surface area contributed by atoms with Gasteiger partial charge in [-0.3, -0.25) is 14.4 Å². The normalized spacial score (nSPS) is 13.0. The Labute approximate surface area is 468 Å². The Morgan fingerprint density at radius 2 is 0.526 bits per heavy atom. The second-order valence-electron chi connectivity index (χ2n) is 20.2. The molecule has 0 N–H and O–H groups in total. The van der Waals surface area contributed by atoms with E-state index in [4.69, 9.17) is 14.2 Å². The maximum absolute atomic E-state index is 12.9. The van der Waals surface area contributed by atoms with Crippen molar-refractivity contribution in [3.05, 3.63) is 134 Å². The lowest BCUT2D eigenvalue weighted by Gasteiger charge is -2.18. The number of unbranched alkanes of at least 4 members (excludes halogenated alkanes) is 22. The number of carbonyl (C=O) groups excluding carboxylic acids is 3. The minimum Gasteiger partial charge on any atom is -0.462 e. The third kappa shape index (κ3) is 60.4. The molecule has 0 amide bonds. The van der Waals surface area contributed by atoms with E-state index < -0.39 is 6.10 Å². The van der Waals surface area contributed by atoms with E-state index in [0.717, 1.165) is 128 Å². The number of rotatable bonds is 55. The second kappa shape index (κ2) is 63.1. The summed E-state index contributed by atoms with van der Waals surface area (Å²) in [5, 5.41) is 0. The number of carbonyl (C=O) groups is 3. The zero-order valence-corrected chi connectivity index (χ0v) is 49.2. The third-order valence-electron chi connectivity index (χ3n) is 12.9. The van der Waals surface area contributed by atoms with Gasteiger partial charge in [0.15, 0.2) is 6.10 Å². The number of hydrogen-bond donors (Lipinski definition) is 0. The molecule has 0 aromatic rings. The lowest BCUT2D eigenvalue weighted by molar-refractivity contribution is -0.167. The number of hydrogen-bond acceptors (Lipinski definition) is 6.